The molecule has 0 saturated heterocycles. The molecule has 84 valence electrons. The molecule has 0 aliphatic carbocycles. The number of nitrogens with one attached hydrogen (secondary N) is 1. The standard InChI is InChI=1S/C12H21N3/c1-4-12(3,6-7-13)15-11-9-10(2)5-8-14-11/h5,8-9H,4,6-7,13H2,1-3H3,(H,14,15). The number of nitrogens with two attached hydrogens (primary N) is 1. The van der Waals surface area contributed by atoms with E-state index < -0.39 is 0 Å². The van der Waals surface area contributed by atoms with Gasteiger partial charge in [-0.2, -0.15) is 0 Å². The lowest BCUT2D eigenvalue weighted by molar-refractivity contribution is 0.462. The lowest BCUT2D eigenvalue weighted by atomic mass is 9.94. The van der Waals surface area contributed by atoms with Crippen molar-refractivity contribution in [2.24, 2.45) is 5.73 Å². The van der Waals surface area contributed by atoms with Gasteiger partial charge in [0.2, 0.25) is 0 Å². The van der Waals surface area contributed by atoms with Gasteiger partial charge in [0.05, 0.1) is 0 Å². The first-order valence-corrected chi connectivity index (χ1v) is 5.50. The van der Waals surface area contributed by atoms with Crippen LogP contribution in [0.15, 0.2) is 18.3 Å². The third kappa shape index (κ3) is 3.51. The van der Waals surface area contributed by atoms with E-state index in [1.54, 1.807) is 0 Å². The Morgan fingerprint density at radius 2 is 2.27 bits per heavy atom. The number of rotatable bonds is 5. The monoisotopic (exact) mass is 207 g/mol. The van der Waals surface area contributed by atoms with Crippen LogP contribution in [-0.4, -0.2) is 17.1 Å². The highest BCUT2D eigenvalue weighted by molar-refractivity contribution is 5.39. The minimum atomic E-state index is 0.0511. The third-order valence-electron chi connectivity index (χ3n) is 2.82. The molecule has 3 heteroatoms. The molecular weight excluding hydrogens is 186 g/mol. The molecule has 1 atom stereocenters. The van der Waals surface area contributed by atoms with Gasteiger partial charge < -0.3 is 11.1 Å². The molecule has 1 heterocycles. The minimum Gasteiger partial charge on any atom is -0.365 e. The summed E-state index contributed by atoms with van der Waals surface area (Å²) in [5.74, 6) is 0.938. The SMILES string of the molecule is CCC(C)(CCN)Nc1cc(C)ccn1. The molecule has 0 radical (unpaired) electrons. The Hall–Kier alpha value is -1.09. The molecule has 0 saturated carbocycles. The van der Waals surface area contributed by atoms with Crippen molar-refractivity contribution in [1.29, 1.82) is 0 Å². The summed E-state index contributed by atoms with van der Waals surface area (Å²) in [6, 6.07) is 4.06. The Bertz CT molecular complexity index is 311. The van der Waals surface area contributed by atoms with Crippen LogP contribution in [0.3, 0.4) is 0 Å². The van der Waals surface area contributed by atoms with Crippen LogP contribution in [0.1, 0.15) is 32.3 Å². The maximum Gasteiger partial charge on any atom is 0.126 e. The van der Waals surface area contributed by atoms with Gasteiger partial charge in [-0.25, -0.2) is 4.98 Å². The van der Waals surface area contributed by atoms with Crippen LogP contribution in [0, 0.1) is 6.92 Å². The quantitative estimate of drug-likeness (QED) is 0.779. The van der Waals surface area contributed by atoms with E-state index in [2.05, 4.69) is 37.1 Å². The maximum absolute atomic E-state index is 5.61. The van der Waals surface area contributed by atoms with E-state index in [-0.39, 0.29) is 5.54 Å². The molecule has 0 fully saturated rings. The first-order valence-electron chi connectivity index (χ1n) is 5.50. The second-order valence-electron chi connectivity index (χ2n) is 4.30. The predicted molar refractivity (Wildman–Crippen MR) is 65.0 cm³/mol. The summed E-state index contributed by atoms with van der Waals surface area (Å²) in [7, 11) is 0. The van der Waals surface area contributed by atoms with Gasteiger partial charge in [0.25, 0.3) is 0 Å². The highest BCUT2D eigenvalue weighted by Crippen LogP contribution is 2.20. The predicted octanol–water partition coefficient (Wildman–Crippen LogP) is 2.32. The van der Waals surface area contributed by atoms with Crippen molar-refractivity contribution in [1.82, 2.24) is 4.98 Å². The van der Waals surface area contributed by atoms with E-state index in [1.165, 1.54) is 5.56 Å². The second-order valence-corrected chi connectivity index (χ2v) is 4.30. The third-order valence-corrected chi connectivity index (χ3v) is 2.82. The highest BCUT2D eigenvalue weighted by atomic mass is 15.0. The summed E-state index contributed by atoms with van der Waals surface area (Å²) in [4.78, 5) is 4.30. The van der Waals surface area contributed by atoms with E-state index in [4.69, 9.17) is 5.73 Å². The molecule has 0 spiro atoms. The number of nitrogens with zero attached hydrogens (tertiary/aromatic N) is 1. The van der Waals surface area contributed by atoms with Crippen LogP contribution >= 0.6 is 0 Å². The average molecular weight is 207 g/mol. The lowest BCUT2D eigenvalue weighted by Gasteiger charge is -2.29. The summed E-state index contributed by atoms with van der Waals surface area (Å²) in [5, 5.41) is 3.46. The zero-order valence-electron chi connectivity index (χ0n) is 9.88. The molecular formula is C12H21N3. The van der Waals surface area contributed by atoms with Crippen LogP contribution in [0.5, 0.6) is 0 Å². The highest BCUT2D eigenvalue weighted by Gasteiger charge is 2.20. The molecule has 0 bridgehead atoms. The fraction of sp³-hybridized carbons (Fsp3) is 0.583. The Morgan fingerprint density at radius 1 is 1.53 bits per heavy atom. The van der Waals surface area contributed by atoms with Crippen LogP contribution in [0.2, 0.25) is 0 Å². The summed E-state index contributed by atoms with van der Waals surface area (Å²) in [6.07, 6.45) is 3.83. The van der Waals surface area contributed by atoms with Gasteiger partial charge in [-0.15, -0.1) is 0 Å². The maximum atomic E-state index is 5.61. The van der Waals surface area contributed by atoms with Crippen molar-refractivity contribution in [2.75, 3.05) is 11.9 Å². The first kappa shape index (κ1) is 12.0. The summed E-state index contributed by atoms with van der Waals surface area (Å²) in [6.45, 7) is 7.12. The van der Waals surface area contributed by atoms with Crippen molar-refractivity contribution in [3.63, 3.8) is 0 Å². The van der Waals surface area contributed by atoms with Crippen molar-refractivity contribution < 1.29 is 0 Å². The van der Waals surface area contributed by atoms with Gasteiger partial charge in [0, 0.05) is 11.7 Å². The molecule has 0 aromatic carbocycles. The summed E-state index contributed by atoms with van der Waals surface area (Å²) >= 11 is 0. The topological polar surface area (TPSA) is 50.9 Å². The molecule has 1 rings (SSSR count). The van der Waals surface area contributed by atoms with Crippen molar-refractivity contribution in [3.8, 4) is 0 Å². The van der Waals surface area contributed by atoms with Gasteiger partial charge in [0.15, 0.2) is 0 Å². The van der Waals surface area contributed by atoms with Crippen molar-refractivity contribution in [2.45, 2.75) is 39.2 Å². The number of pyridine rings is 1. The number of aromatic nitrogens is 1. The fourth-order valence-electron chi connectivity index (χ4n) is 1.56. The minimum absolute atomic E-state index is 0.0511. The van der Waals surface area contributed by atoms with E-state index in [1.807, 2.05) is 12.3 Å². The Balaban J connectivity index is 2.74. The second kappa shape index (κ2) is 5.12. The number of anilines is 1. The van der Waals surface area contributed by atoms with Gasteiger partial charge in [-0.05, 0) is 50.9 Å². The van der Waals surface area contributed by atoms with Crippen LogP contribution in [0.25, 0.3) is 0 Å². The molecule has 0 aliphatic heterocycles. The summed E-state index contributed by atoms with van der Waals surface area (Å²) < 4.78 is 0. The smallest absolute Gasteiger partial charge is 0.126 e. The van der Waals surface area contributed by atoms with Gasteiger partial charge >= 0.3 is 0 Å². The van der Waals surface area contributed by atoms with Crippen LogP contribution in [-0.2, 0) is 0 Å². The molecule has 3 N–H and O–H groups in total. The Labute approximate surface area is 92.1 Å². The average Bonchev–Trinajstić information content (AvgIpc) is 2.18. The molecule has 0 aliphatic rings. The summed E-state index contributed by atoms with van der Waals surface area (Å²) in [5.41, 5.74) is 6.89. The van der Waals surface area contributed by atoms with E-state index in [0.717, 1.165) is 18.7 Å². The van der Waals surface area contributed by atoms with E-state index >= 15 is 0 Å². The van der Waals surface area contributed by atoms with E-state index in [9.17, 15) is 0 Å². The fourth-order valence-corrected chi connectivity index (χ4v) is 1.56. The zero-order chi connectivity index (χ0) is 11.3. The van der Waals surface area contributed by atoms with Gasteiger partial charge in [-0.3, -0.25) is 0 Å². The van der Waals surface area contributed by atoms with E-state index in [0.29, 0.717) is 6.54 Å². The van der Waals surface area contributed by atoms with Crippen LogP contribution in [0.4, 0.5) is 5.82 Å². The molecule has 1 aromatic heterocycles. The van der Waals surface area contributed by atoms with Gasteiger partial charge in [-0.1, -0.05) is 6.92 Å². The van der Waals surface area contributed by atoms with Crippen LogP contribution < -0.4 is 11.1 Å². The molecule has 0 amide bonds. The normalized spacial score (nSPS) is 14.7. The lowest BCUT2D eigenvalue weighted by Crippen LogP contribution is -2.36. The number of hydrogen-bond donors (Lipinski definition) is 2. The molecule has 3 nitrogen and oxygen atoms in total. The molecule has 1 unspecified atom stereocenters. The van der Waals surface area contributed by atoms with Gasteiger partial charge in [0.1, 0.15) is 5.82 Å². The molecule has 15 heavy (non-hydrogen) atoms. The van der Waals surface area contributed by atoms with Crippen molar-refractivity contribution in [3.05, 3.63) is 23.9 Å². The number of hydrogen-bond acceptors (Lipinski definition) is 3. The number of aryl methyl sites for hydroxylation is 1. The first-order chi connectivity index (χ1) is 7.09. The molecule has 1 aromatic rings. The Kier molecular flexibility index (Phi) is 4.09. The Morgan fingerprint density at radius 3 is 2.80 bits per heavy atom. The largest absolute Gasteiger partial charge is 0.365 e. The zero-order valence-corrected chi connectivity index (χ0v) is 9.88. The van der Waals surface area contributed by atoms with Crippen molar-refractivity contribution >= 4 is 5.82 Å².